The molecule has 32 heavy (non-hydrogen) atoms. The van der Waals surface area contributed by atoms with Crippen LogP contribution in [0.15, 0.2) is 42.5 Å². The number of nitrogens with zero attached hydrogens (tertiary/aromatic N) is 2. The smallest absolute Gasteiger partial charge is 0.228 e. The molecule has 0 saturated heterocycles. The van der Waals surface area contributed by atoms with Crippen molar-refractivity contribution in [3.63, 3.8) is 0 Å². The van der Waals surface area contributed by atoms with Crippen LogP contribution in [0.1, 0.15) is 51.2 Å². The first-order chi connectivity index (χ1) is 15.3. The molecule has 0 aliphatic heterocycles. The van der Waals surface area contributed by atoms with E-state index in [9.17, 15) is 14.0 Å². The Hall–Kier alpha value is -2.89. The SMILES string of the molecule is CCCN(Cc1cc(NC(=O)Cc2ccc(F)cc2)ccc1N(C)C)C(=O)C(CC)CC. The first kappa shape index (κ1) is 25.4. The van der Waals surface area contributed by atoms with Gasteiger partial charge in [-0.05, 0) is 60.7 Å². The van der Waals surface area contributed by atoms with Gasteiger partial charge >= 0.3 is 0 Å². The van der Waals surface area contributed by atoms with Crippen molar-refractivity contribution in [2.24, 2.45) is 5.92 Å². The minimum absolute atomic E-state index is 0.0305. The Morgan fingerprint density at radius 2 is 1.66 bits per heavy atom. The van der Waals surface area contributed by atoms with Crippen molar-refractivity contribution < 1.29 is 14.0 Å². The van der Waals surface area contributed by atoms with E-state index in [-0.39, 0.29) is 30.0 Å². The third kappa shape index (κ3) is 7.08. The maximum Gasteiger partial charge on any atom is 0.228 e. The van der Waals surface area contributed by atoms with Gasteiger partial charge in [-0.1, -0.05) is 32.9 Å². The monoisotopic (exact) mass is 441 g/mol. The van der Waals surface area contributed by atoms with E-state index in [4.69, 9.17) is 0 Å². The molecular formula is C26H36FN3O2. The molecule has 1 N–H and O–H groups in total. The maximum atomic E-state index is 13.1. The summed E-state index contributed by atoms with van der Waals surface area (Å²) in [6, 6.07) is 11.7. The Labute approximate surface area is 191 Å². The zero-order valence-corrected chi connectivity index (χ0v) is 20.0. The zero-order valence-electron chi connectivity index (χ0n) is 20.0. The fourth-order valence-corrected chi connectivity index (χ4v) is 3.86. The molecule has 0 heterocycles. The van der Waals surface area contributed by atoms with Crippen LogP contribution in [-0.4, -0.2) is 37.4 Å². The average Bonchev–Trinajstić information content (AvgIpc) is 2.75. The fraction of sp³-hybridized carbons (Fsp3) is 0.462. The first-order valence-electron chi connectivity index (χ1n) is 11.4. The van der Waals surface area contributed by atoms with Crippen molar-refractivity contribution in [3.05, 3.63) is 59.4 Å². The van der Waals surface area contributed by atoms with Gasteiger partial charge in [0, 0.05) is 44.5 Å². The van der Waals surface area contributed by atoms with E-state index in [0.29, 0.717) is 18.8 Å². The molecule has 174 valence electrons. The molecule has 2 aromatic carbocycles. The Bertz CT molecular complexity index is 892. The number of halogens is 1. The van der Waals surface area contributed by atoms with Gasteiger partial charge in [-0.3, -0.25) is 9.59 Å². The summed E-state index contributed by atoms with van der Waals surface area (Å²) in [7, 11) is 3.94. The number of carbonyl (C=O) groups excluding carboxylic acids is 2. The maximum absolute atomic E-state index is 13.1. The zero-order chi connectivity index (χ0) is 23.7. The largest absolute Gasteiger partial charge is 0.377 e. The molecule has 0 atom stereocenters. The average molecular weight is 442 g/mol. The minimum atomic E-state index is -0.322. The van der Waals surface area contributed by atoms with Gasteiger partial charge in [-0.2, -0.15) is 0 Å². The molecule has 0 aliphatic carbocycles. The Morgan fingerprint density at radius 1 is 1.00 bits per heavy atom. The van der Waals surface area contributed by atoms with Crippen LogP contribution in [0, 0.1) is 11.7 Å². The highest BCUT2D eigenvalue weighted by molar-refractivity contribution is 5.92. The van der Waals surface area contributed by atoms with E-state index < -0.39 is 0 Å². The molecular weight excluding hydrogens is 405 g/mol. The first-order valence-corrected chi connectivity index (χ1v) is 11.4. The highest BCUT2D eigenvalue weighted by Gasteiger charge is 2.22. The van der Waals surface area contributed by atoms with E-state index in [1.54, 1.807) is 12.1 Å². The third-order valence-corrected chi connectivity index (χ3v) is 5.62. The number of nitrogens with one attached hydrogen (secondary N) is 1. The summed E-state index contributed by atoms with van der Waals surface area (Å²) >= 11 is 0. The molecule has 2 aromatic rings. The second kappa shape index (κ2) is 12.2. The summed E-state index contributed by atoms with van der Waals surface area (Å²) in [6.07, 6.45) is 2.71. The molecule has 0 aliphatic rings. The molecule has 0 radical (unpaired) electrons. The molecule has 0 spiro atoms. The summed E-state index contributed by atoms with van der Waals surface area (Å²) < 4.78 is 13.1. The summed E-state index contributed by atoms with van der Waals surface area (Å²) in [6.45, 7) is 7.38. The third-order valence-electron chi connectivity index (χ3n) is 5.62. The quantitative estimate of drug-likeness (QED) is 0.518. The van der Waals surface area contributed by atoms with Crippen LogP contribution in [0.4, 0.5) is 15.8 Å². The number of amides is 2. The second-order valence-corrected chi connectivity index (χ2v) is 8.36. The van der Waals surface area contributed by atoms with Gasteiger partial charge in [-0.25, -0.2) is 4.39 Å². The van der Waals surface area contributed by atoms with E-state index in [1.165, 1.54) is 12.1 Å². The van der Waals surface area contributed by atoms with Gasteiger partial charge in [-0.15, -0.1) is 0 Å². The standard InChI is InChI=1S/C26H36FN3O2/c1-6-15-30(26(32)20(7-2)8-3)18-21-17-23(13-14-24(21)29(4)5)28-25(31)16-19-9-11-22(27)12-10-19/h9-14,17,20H,6-8,15-16,18H2,1-5H3,(H,28,31). The summed E-state index contributed by atoms with van der Waals surface area (Å²) in [5, 5.41) is 2.94. The van der Waals surface area contributed by atoms with E-state index >= 15 is 0 Å². The Balaban J connectivity index is 2.22. The number of carbonyl (C=O) groups is 2. The van der Waals surface area contributed by atoms with E-state index in [0.717, 1.165) is 36.1 Å². The highest BCUT2D eigenvalue weighted by Crippen LogP contribution is 2.26. The van der Waals surface area contributed by atoms with Crippen molar-refractivity contribution in [1.29, 1.82) is 0 Å². The van der Waals surface area contributed by atoms with E-state index in [1.807, 2.05) is 42.1 Å². The molecule has 2 rings (SSSR count). The lowest BCUT2D eigenvalue weighted by molar-refractivity contribution is -0.136. The summed E-state index contributed by atoms with van der Waals surface area (Å²) in [5.41, 5.74) is 3.44. The summed E-state index contributed by atoms with van der Waals surface area (Å²) in [5.74, 6) is -0.272. The second-order valence-electron chi connectivity index (χ2n) is 8.36. The van der Waals surface area contributed by atoms with Crippen LogP contribution < -0.4 is 10.2 Å². The Morgan fingerprint density at radius 3 is 2.22 bits per heavy atom. The van der Waals surface area contributed by atoms with Crippen LogP contribution in [0.3, 0.4) is 0 Å². The van der Waals surface area contributed by atoms with Crippen molar-refractivity contribution in [3.8, 4) is 0 Å². The van der Waals surface area contributed by atoms with E-state index in [2.05, 4.69) is 26.1 Å². The highest BCUT2D eigenvalue weighted by atomic mass is 19.1. The molecule has 5 nitrogen and oxygen atoms in total. The molecule has 0 fully saturated rings. The number of anilines is 2. The van der Waals surface area contributed by atoms with Crippen LogP contribution >= 0.6 is 0 Å². The lowest BCUT2D eigenvalue weighted by Crippen LogP contribution is -2.36. The molecule has 0 saturated carbocycles. The minimum Gasteiger partial charge on any atom is -0.377 e. The number of benzene rings is 2. The van der Waals surface area contributed by atoms with Gasteiger partial charge in [0.15, 0.2) is 0 Å². The Kier molecular flexibility index (Phi) is 9.69. The van der Waals surface area contributed by atoms with Gasteiger partial charge in [0.25, 0.3) is 0 Å². The van der Waals surface area contributed by atoms with Gasteiger partial charge < -0.3 is 15.1 Å². The predicted molar refractivity (Wildman–Crippen MR) is 129 cm³/mol. The van der Waals surface area contributed by atoms with Crippen LogP contribution in [0.5, 0.6) is 0 Å². The molecule has 2 amide bonds. The summed E-state index contributed by atoms with van der Waals surface area (Å²) in [4.78, 5) is 29.6. The van der Waals surface area contributed by atoms with Crippen molar-refractivity contribution in [2.45, 2.75) is 53.0 Å². The van der Waals surface area contributed by atoms with Crippen molar-refractivity contribution >= 4 is 23.2 Å². The number of hydrogen-bond donors (Lipinski definition) is 1. The lowest BCUT2D eigenvalue weighted by Gasteiger charge is -2.28. The molecule has 0 unspecified atom stereocenters. The fourth-order valence-electron chi connectivity index (χ4n) is 3.86. The lowest BCUT2D eigenvalue weighted by atomic mass is 10.0. The molecule has 0 bridgehead atoms. The van der Waals surface area contributed by atoms with Crippen LogP contribution in [0.2, 0.25) is 0 Å². The van der Waals surface area contributed by atoms with Crippen LogP contribution in [-0.2, 0) is 22.6 Å². The normalized spacial score (nSPS) is 10.8. The van der Waals surface area contributed by atoms with Crippen molar-refractivity contribution in [1.82, 2.24) is 4.90 Å². The predicted octanol–water partition coefficient (Wildman–Crippen LogP) is 5.25. The molecule has 6 heteroatoms. The number of hydrogen-bond acceptors (Lipinski definition) is 3. The van der Waals surface area contributed by atoms with Crippen LogP contribution in [0.25, 0.3) is 0 Å². The number of rotatable bonds is 11. The van der Waals surface area contributed by atoms with Gasteiger partial charge in [0.1, 0.15) is 5.82 Å². The van der Waals surface area contributed by atoms with Crippen molar-refractivity contribution in [2.75, 3.05) is 30.9 Å². The molecule has 0 aromatic heterocycles. The van der Waals surface area contributed by atoms with Gasteiger partial charge in [0.2, 0.25) is 11.8 Å². The van der Waals surface area contributed by atoms with Gasteiger partial charge in [0.05, 0.1) is 6.42 Å². The topological polar surface area (TPSA) is 52.7 Å².